The van der Waals surface area contributed by atoms with E-state index in [1.54, 1.807) is 6.07 Å². The Morgan fingerprint density at radius 2 is 2.06 bits per heavy atom. The van der Waals surface area contributed by atoms with Gasteiger partial charge in [0.15, 0.2) is 10.7 Å². The molecule has 0 radical (unpaired) electrons. The van der Waals surface area contributed by atoms with Crippen molar-refractivity contribution in [3.63, 3.8) is 0 Å². The average molecular weight is 268 g/mol. The molecule has 0 aliphatic heterocycles. The Morgan fingerprint density at radius 3 is 2.56 bits per heavy atom. The van der Waals surface area contributed by atoms with Crippen molar-refractivity contribution in [3.8, 4) is 0 Å². The maximum atomic E-state index is 11.6. The number of sulfonamides is 1. The summed E-state index contributed by atoms with van der Waals surface area (Å²) < 4.78 is 24.6. The molecule has 2 N–H and O–H groups in total. The second-order valence-electron chi connectivity index (χ2n) is 4.45. The third-order valence-corrected chi connectivity index (χ3v) is 3.67. The van der Waals surface area contributed by atoms with E-state index in [-0.39, 0.29) is 10.9 Å². The molecule has 18 heavy (non-hydrogen) atoms. The van der Waals surface area contributed by atoms with Crippen LogP contribution in [0, 0.1) is 0 Å². The molecule has 6 nitrogen and oxygen atoms in total. The van der Waals surface area contributed by atoms with Crippen molar-refractivity contribution < 1.29 is 8.42 Å². The van der Waals surface area contributed by atoms with Crippen molar-refractivity contribution in [1.29, 1.82) is 0 Å². The van der Waals surface area contributed by atoms with Crippen molar-refractivity contribution in [2.75, 3.05) is 0 Å². The molecule has 2 aromatic rings. The fourth-order valence-corrected chi connectivity index (χ4v) is 2.69. The van der Waals surface area contributed by atoms with Crippen molar-refractivity contribution in [2.24, 2.45) is 5.14 Å². The Balaban J connectivity index is 2.83. The number of aryl methyl sites for hydroxylation is 1. The second kappa shape index (κ2) is 4.33. The van der Waals surface area contributed by atoms with E-state index in [0.29, 0.717) is 17.8 Å². The number of hydrogen-bond acceptors (Lipinski definition) is 4. The maximum Gasteiger partial charge on any atom is 0.257 e. The lowest BCUT2D eigenvalue weighted by Crippen LogP contribution is -2.18. The number of primary sulfonamides is 1. The van der Waals surface area contributed by atoms with Crippen LogP contribution in [0.25, 0.3) is 5.65 Å². The molecule has 0 amide bonds. The van der Waals surface area contributed by atoms with Crippen molar-refractivity contribution in [2.45, 2.75) is 38.1 Å². The first kappa shape index (κ1) is 13.0. The lowest BCUT2D eigenvalue weighted by Gasteiger charge is -2.05. The van der Waals surface area contributed by atoms with Crippen LogP contribution in [0.2, 0.25) is 0 Å². The van der Waals surface area contributed by atoms with Crippen LogP contribution >= 0.6 is 0 Å². The van der Waals surface area contributed by atoms with Crippen LogP contribution in [-0.4, -0.2) is 23.0 Å². The third kappa shape index (κ3) is 2.11. The lowest BCUT2D eigenvalue weighted by atomic mass is 10.1. The van der Waals surface area contributed by atoms with E-state index < -0.39 is 10.0 Å². The monoisotopic (exact) mass is 268 g/mol. The zero-order chi connectivity index (χ0) is 13.5. The van der Waals surface area contributed by atoms with E-state index in [2.05, 4.69) is 10.1 Å². The Hall–Kier alpha value is -1.47. The van der Waals surface area contributed by atoms with Gasteiger partial charge in [-0.1, -0.05) is 20.8 Å². The molecule has 2 heterocycles. The molecule has 7 heteroatoms. The quantitative estimate of drug-likeness (QED) is 0.901. The number of nitrogens with zero attached hydrogens (tertiary/aromatic N) is 3. The summed E-state index contributed by atoms with van der Waals surface area (Å²) in [6, 6.07) is 3.61. The summed E-state index contributed by atoms with van der Waals surface area (Å²) in [5, 5.41) is 9.53. The van der Waals surface area contributed by atoms with Gasteiger partial charge in [-0.3, -0.25) is 0 Å². The first-order valence-corrected chi connectivity index (χ1v) is 7.30. The number of rotatable bonds is 3. The van der Waals surface area contributed by atoms with E-state index in [1.807, 2.05) is 26.8 Å². The Bertz CT molecular complexity index is 688. The number of hydrogen-bond donors (Lipinski definition) is 1. The largest absolute Gasteiger partial charge is 0.257 e. The fourth-order valence-electron chi connectivity index (χ4n) is 1.80. The highest BCUT2D eigenvalue weighted by molar-refractivity contribution is 7.89. The lowest BCUT2D eigenvalue weighted by molar-refractivity contribution is 0.586. The minimum absolute atomic E-state index is 0.0116. The van der Waals surface area contributed by atoms with Gasteiger partial charge in [0, 0.05) is 0 Å². The molecule has 0 bridgehead atoms. The molecular weight excluding hydrogens is 252 g/mol. The summed E-state index contributed by atoms with van der Waals surface area (Å²) in [5.41, 5.74) is 1.75. The number of aromatic nitrogens is 3. The number of fused-ring (bicyclic) bond motifs is 1. The van der Waals surface area contributed by atoms with E-state index in [9.17, 15) is 8.42 Å². The highest BCUT2D eigenvalue weighted by atomic mass is 32.2. The van der Waals surface area contributed by atoms with Crippen molar-refractivity contribution in [1.82, 2.24) is 14.6 Å². The van der Waals surface area contributed by atoms with E-state index in [4.69, 9.17) is 5.14 Å². The van der Waals surface area contributed by atoms with E-state index in [1.165, 1.54) is 4.52 Å². The number of nitrogens with two attached hydrogens (primary N) is 1. The zero-order valence-electron chi connectivity index (χ0n) is 10.6. The maximum absolute atomic E-state index is 11.6. The van der Waals surface area contributed by atoms with Crippen LogP contribution in [0.1, 0.15) is 38.1 Å². The zero-order valence-corrected chi connectivity index (χ0v) is 11.4. The van der Waals surface area contributed by atoms with Crippen LogP contribution in [0.15, 0.2) is 17.2 Å². The first-order valence-electron chi connectivity index (χ1n) is 5.76. The molecule has 0 spiro atoms. The first-order chi connectivity index (χ1) is 8.34. The second-order valence-corrected chi connectivity index (χ2v) is 5.92. The van der Waals surface area contributed by atoms with Crippen LogP contribution in [-0.2, 0) is 16.4 Å². The molecule has 0 aliphatic carbocycles. The highest BCUT2D eigenvalue weighted by Crippen LogP contribution is 2.19. The summed E-state index contributed by atoms with van der Waals surface area (Å²) >= 11 is 0. The average Bonchev–Trinajstić information content (AvgIpc) is 2.65. The summed E-state index contributed by atoms with van der Waals surface area (Å²) in [6.07, 6.45) is 0.492. The van der Waals surface area contributed by atoms with Gasteiger partial charge in [-0.25, -0.2) is 23.1 Å². The van der Waals surface area contributed by atoms with Gasteiger partial charge in [-0.2, -0.15) is 5.10 Å². The minimum Gasteiger partial charge on any atom is -0.231 e. The molecule has 0 aromatic carbocycles. The Morgan fingerprint density at radius 1 is 1.39 bits per heavy atom. The smallest absolute Gasteiger partial charge is 0.231 e. The summed E-state index contributed by atoms with van der Waals surface area (Å²) in [7, 11) is -3.83. The van der Waals surface area contributed by atoms with Crippen molar-refractivity contribution >= 4 is 15.7 Å². The third-order valence-electron chi connectivity index (χ3n) is 2.72. The predicted octanol–water partition coefficient (Wildman–Crippen LogP) is 1.06. The molecule has 2 rings (SSSR count). The summed E-state index contributed by atoms with van der Waals surface area (Å²) in [4.78, 5) is 4.24. The molecule has 0 fully saturated rings. The van der Waals surface area contributed by atoms with Crippen molar-refractivity contribution in [3.05, 3.63) is 23.5 Å². The molecule has 0 saturated heterocycles. The molecule has 0 aliphatic rings. The molecule has 98 valence electrons. The van der Waals surface area contributed by atoms with Crippen LogP contribution in [0.5, 0.6) is 0 Å². The molecule has 0 saturated carbocycles. The normalized spacial score (nSPS) is 12.5. The topological polar surface area (TPSA) is 90.3 Å². The van der Waals surface area contributed by atoms with E-state index >= 15 is 0 Å². The summed E-state index contributed by atoms with van der Waals surface area (Å²) in [6.45, 7) is 5.81. The standard InChI is InChI=1S/C11H16N4O2S/c1-4-8-11(18(12,16)17)15-10(13-8)6-5-9(14-15)7(2)3/h5-7H,4H2,1-3H3,(H2,12,16,17). The minimum atomic E-state index is -3.83. The number of imidazole rings is 1. The predicted molar refractivity (Wildman–Crippen MR) is 67.8 cm³/mol. The summed E-state index contributed by atoms with van der Waals surface area (Å²) in [5.74, 6) is 0.204. The van der Waals surface area contributed by atoms with Gasteiger partial charge in [0.2, 0.25) is 0 Å². The van der Waals surface area contributed by atoms with E-state index in [0.717, 1.165) is 5.69 Å². The van der Waals surface area contributed by atoms with Crippen LogP contribution < -0.4 is 5.14 Å². The molecular formula is C11H16N4O2S. The Kier molecular flexibility index (Phi) is 3.12. The van der Waals surface area contributed by atoms with Gasteiger partial charge in [0.25, 0.3) is 10.0 Å². The molecule has 2 aromatic heterocycles. The van der Waals surface area contributed by atoms with Gasteiger partial charge in [0.05, 0.1) is 11.4 Å². The SMILES string of the molecule is CCc1nc2ccc(C(C)C)nn2c1S(N)(=O)=O. The van der Waals surface area contributed by atoms with Gasteiger partial charge in [-0.05, 0) is 24.5 Å². The molecule has 0 unspecified atom stereocenters. The van der Waals surface area contributed by atoms with Crippen LogP contribution in [0.4, 0.5) is 0 Å². The fraction of sp³-hybridized carbons (Fsp3) is 0.455. The van der Waals surface area contributed by atoms with Gasteiger partial charge in [0.1, 0.15) is 0 Å². The highest BCUT2D eigenvalue weighted by Gasteiger charge is 2.22. The molecule has 0 atom stereocenters. The van der Waals surface area contributed by atoms with Gasteiger partial charge >= 0.3 is 0 Å². The van der Waals surface area contributed by atoms with Crippen LogP contribution in [0.3, 0.4) is 0 Å². The van der Waals surface area contributed by atoms with Gasteiger partial charge < -0.3 is 0 Å². The van der Waals surface area contributed by atoms with Gasteiger partial charge in [-0.15, -0.1) is 0 Å². The Labute approximate surface area is 106 Å².